The van der Waals surface area contributed by atoms with Gasteiger partial charge in [-0.05, 0) is 49.6 Å². The van der Waals surface area contributed by atoms with Gasteiger partial charge in [0, 0.05) is 18.7 Å². The van der Waals surface area contributed by atoms with E-state index in [0.29, 0.717) is 24.2 Å². The Morgan fingerprint density at radius 2 is 1.69 bits per heavy atom. The smallest absolute Gasteiger partial charge is 0.416 e. The van der Waals surface area contributed by atoms with Crippen LogP contribution in [0.4, 0.5) is 48.5 Å². The molecule has 4 rings (SSSR count). The van der Waals surface area contributed by atoms with Crippen molar-refractivity contribution >= 4 is 29.3 Å². The van der Waals surface area contributed by atoms with Gasteiger partial charge in [0.1, 0.15) is 6.61 Å². The Hall–Kier alpha value is -4.71. The Balaban J connectivity index is 1.86. The maximum absolute atomic E-state index is 13.8. The van der Waals surface area contributed by atoms with E-state index in [4.69, 9.17) is 19.3 Å². The van der Waals surface area contributed by atoms with E-state index in [9.17, 15) is 35.9 Å². The highest BCUT2D eigenvalue weighted by Crippen LogP contribution is 2.44. The van der Waals surface area contributed by atoms with Crippen LogP contribution in [-0.2, 0) is 33.2 Å². The number of ether oxygens (including phenoxy) is 3. The summed E-state index contributed by atoms with van der Waals surface area (Å²) in [5.41, 5.74) is -2.73. The molecule has 0 saturated heterocycles. The molecule has 2 aromatic heterocycles. The number of aliphatic hydroxyl groups excluding tert-OH is 1. The molecule has 0 saturated carbocycles. The monoisotopic (exact) mass is 700 g/mol. The number of halogens is 6. The number of methoxy groups -OCH3 is 1. The van der Waals surface area contributed by atoms with Crippen LogP contribution in [0.25, 0.3) is 0 Å². The number of aromatic nitrogens is 3. The van der Waals surface area contributed by atoms with Crippen LogP contribution in [0.1, 0.15) is 55.1 Å². The maximum Gasteiger partial charge on any atom is 0.416 e. The number of hydrogen-bond donors (Lipinski definition) is 2. The van der Waals surface area contributed by atoms with E-state index < -0.39 is 54.1 Å². The Morgan fingerprint density at radius 1 is 1.04 bits per heavy atom. The number of anilines is 3. The molecule has 3 heterocycles. The molecule has 3 aromatic rings. The molecule has 1 aliphatic rings. The number of carbonyl (C=O) groups excluding carboxylic acids is 2. The topological polar surface area (TPSA) is 139 Å². The maximum atomic E-state index is 13.8. The van der Waals surface area contributed by atoms with Crippen molar-refractivity contribution in [2.45, 2.75) is 57.7 Å². The van der Waals surface area contributed by atoms with Crippen LogP contribution >= 0.6 is 0 Å². The van der Waals surface area contributed by atoms with Gasteiger partial charge >= 0.3 is 18.4 Å². The summed E-state index contributed by atoms with van der Waals surface area (Å²) in [7, 11) is 1.36. The molecule has 1 unspecified atom stereocenters. The highest BCUT2D eigenvalue weighted by molar-refractivity contribution is 5.91. The molecule has 1 aliphatic heterocycles. The largest absolute Gasteiger partial charge is 0.481 e. The lowest BCUT2D eigenvalue weighted by Crippen LogP contribution is -2.48. The van der Waals surface area contributed by atoms with Crippen molar-refractivity contribution in [2.75, 3.05) is 48.7 Å². The number of nitrogens with one attached hydrogen (secondary N) is 1. The van der Waals surface area contributed by atoms with Gasteiger partial charge in [0.2, 0.25) is 17.7 Å². The molecule has 18 heteroatoms. The summed E-state index contributed by atoms with van der Waals surface area (Å²) in [5.74, 6) is -0.587. The zero-order chi connectivity index (χ0) is 35.9. The number of aliphatic hydroxyl groups is 1. The van der Waals surface area contributed by atoms with Gasteiger partial charge in [-0.25, -0.2) is 19.7 Å². The fraction of sp³-hybridized carbons (Fsp3) is 0.452. The third-order valence-corrected chi connectivity index (χ3v) is 7.48. The minimum Gasteiger partial charge on any atom is -0.481 e. The summed E-state index contributed by atoms with van der Waals surface area (Å²) in [5, 5.41) is 11.3. The van der Waals surface area contributed by atoms with Crippen molar-refractivity contribution in [3.63, 3.8) is 0 Å². The molecular formula is C31H34F6N6O6. The zero-order valence-electron chi connectivity index (χ0n) is 26.6. The lowest BCUT2D eigenvalue weighted by Gasteiger charge is -2.43. The van der Waals surface area contributed by atoms with E-state index in [0.717, 1.165) is 0 Å². The normalized spacial score (nSPS) is 16.2. The van der Waals surface area contributed by atoms with Crippen LogP contribution < -0.4 is 19.9 Å². The highest BCUT2D eigenvalue weighted by Gasteiger charge is 2.42. The molecule has 0 fully saturated rings. The van der Waals surface area contributed by atoms with Crippen LogP contribution in [-0.4, -0.2) is 71.6 Å². The predicted octanol–water partition coefficient (Wildman–Crippen LogP) is 5.76. The fourth-order valence-corrected chi connectivity index (χ4v) is 5.34. The average molecular weight is 701 g/mol. The molecule has 2 amide bonds. The molecule has 49 heavy (non-hydrogen) atoms. The van der Waals surface area contributed by atoms with Crippen molar-refractivity contribution in [1.82, 2.24) is 15.0 Å². The van der Waals surface area contributed by atoms with E-state index >= 15 is 0 Å². The Kier molecular flexibility index (Phi) is 11.9. The quantitative estimate of drug-likeness (QED) is 0.177. The third kappa shape index (κ3) is 9.05. The van der Waals surface area contributed by atoms with Gasteiger partial charge in [0.05, 0.1) is 73.6 Å². The number of nitrogens with zero attached hydrogens (tertiary/aromatic N) is 5. The first-order chi connectivity index (χ1) is 23.2. The zero-order valence-corrected chi connectivity index (χ0v) is 26.6. The molecule has 266 valence electrons. The van der Waals surface area contributed by atoms with E-state index in [1.54, 1.807) is 19.9 Å². The number of amides is 2. The number of benzene rings is 1. The van der Waals surface area contributed by atoms with E-state index in [1.165, 1.54) is 35.4 Å². The highest BCUT2D eigenvalue weighted by atomic mass is 19.4. The Bertz CT molecular complexity index is 1580. The number of pyridine rings is 1. The van der Waals surface area contributed by atoms with E-state index in [2.05, 4.69) is 20.3 Å². The number of carbonyl (C=O) groups is 2. The molecule has 1 aromatic carbocycles. The standard InChI is InChI=1S/C31H34F6N6O6/c1-4-22-13-24(27-23(6-7-26(41-27)47-3)43(22)29(46)49-5-2)42(28-38-14-21(15-39-28)40-25(45)17-48-9-8-44)16-18-10-19(30(32,33)34)12-20(11-18)31(35,36)37/h6-7,10-12,14-15,22,24,44H,4-5,8-9,13,16-17H2,1-3H3,(H,40,45)/t22-,24?/m1/s1. The number of hydrogen-bond acceptors (Lipinski definition) is 10. The summed E-state index contributed by atoms with van der Waals surface area (Å²) in [6.07, 6.45) is -7.94. The van der Waals surface area contributed by atoms with Gasteiger partial charge in [0.15, 0.2) is 0 Å². The summed E-state index contributed by atoms with van der Waals surface area (Å²) in [6.45, 7) is 2.22. The lowest BCUT2D eigenvalue weighted by atomic mass is 9.92. The molecule has 2 N–H and O–H groups in total. The van der Waals surface area contributed by atoms with Crippen molar-refractivity contribution in [1.29, 1.82) is 0 Å². The SMILES string of the molecule is CCOC(=O)N1c2ccc(OC)nc2C(N(Cc2cc(C(F)(F)F)cc(C(F)(F)F)c2)c2ncc(NC(=O)COCCO)cn2)C[C@H]1CC. The van der Waals surface area contributed by atoms with E-state index in [-0.39, 0.29) is 67.7 Å². The summed E-state index contributed by atoms with van der Waals surface area (Å²) in [4.78, 5) is 41.3. The van der Waals surface area contributed by atoms with Crippen LogP contribution in [0.2, 0.25) is 0 Å². The van der Waals surface area contributed by atoms with Crippen LogP contribution in [0.3, 0.4) is 0 Å². The van der Waals surface area contributed by atoms with Gasteiger partial charge in [-0.1, -0.05) is 6.92 Å². The molecule has 0 spiro atoms. The first-order valence-corrected chi connectivity index (χ1v) is 15.1. The van der Waals surface area contributed by atoms with Gasteiger partial charge in [0.25, 0.3) is 0 Å². The minimum absolute atomic E-state index is 0.0404. The molecular weight excluding hydrogens is 666 g/mol. The number of fused-ring (bicyclic) bond motifs is 1. The second-order valence-electron chi connectivity index (χ2n) is 10.8. The van der Waals surface area contributed by atoms with Crippen molar-refractivity contribution in [3.05, 3.63) is 65.1 Å². The second kappa shape index (κ2) is 15.7. The summed E-state index contributed by atoms with van der Waals surface area (Å²) in [6, 6.07) is 2.90. The number of alkyl halides is 6. The fourth-order valence-electron chi connectivity index (χ4n) is 5.34. The molecule has 2 atom stereocenters. The molecule has 0 aliphatic carbocycles. The third-order valence-electron chi connectivity index (χ3n) is 7.48. The van der Waals surface area contributed by atoms with E-state index in [1.807, 2.05) is 0 Å². The first-order valence-electron chi connectivity index (χ1n) is 15.1. The second-order valence-corrected chi connectivity index (χ2v) is 10.8. The lowest BCUT2D eigenvalue weighted by molar-refractivity contribution is -0.143. The minimum atomic E-state index is -5.09. The van der Waals surface area contributed by atoms with Gasteiger partial charge in [-0.15, -0.1) is 0 Å². The van der Waals surface area contributed by atoms with Gasteiger partial charge in [-0.2, -0.15) is 26.3 Å². The first kappa shape index (κ1) is 37.1. The Labute approximate surface area is 277 Å². The average Bonchev–Trinajstić information content (AvgIpc) is 3.06. The predicted molar refractivity (Wildman–Crippen MR) is 163 cm³/mol. The van der Waals surface area contributed by atoms with Crippen molar-refractivity contribution in [3.8, 4) is 5.88 Å². The van der Waals surface area contributed by atoms with Crippen molar-refractivity contribution < 1.29 is 55.2 Å². The summed E-state index contributed by atoms with van der Waals surface area (Å²) < 4.78 is 98.5. The Morgan fingerprint density at radius 3 is 2.24 bits per heavy atom. The van der Waals surface area contributed by atoms with Crippen LogP contribution in [0.5, 0.6) is 5.88 Å². The number of rotatable bonds is 12. The summed E-state index contributed by atoms with van der Waals surface area (Å²) >= 11 is 0. The molecule has 12 nitrogen and oxygen atoms in total. The van der Waals surface area contributed by atoms with Gasteiger partial charge in [-0.3, -0.25) is 9.69 Å². The molecule has 0 radical (unpaired) electrons. The molecule has 0 bridgehead atoms. The van der Waals surface area contributed by atoms with Gasteiger partial charge < -0.3 is 29.5 Å². The van der Waals surface area contributed by atoms with Crippen molar-refractivity contribution in [2.24, 2.45) is 0 Å². The van der Waals surface area contributed by atoms with Crippen LogP contribution in [0, 0.1) is 0 Å². The van der Waals surface area contributed by atoms with Crippen LogP contribution in [0.15, 0.2) is 42.7 Å².